The van der Waals surface area contributed by atoms with Crippen LogP contribution >= 0.6 is 35.1 Å². The van der Waals surface area contributed by atoms with Crippen LogP contribution in [0.25, 0.3) is 0 Å². The highest BCUT2D eigenvalue weighted by molar-refractivity contribution is 7.98. The van der Waals surface area contributed by atoms with E-state index in [1.54, 1.807) is 23.5 Å². The fraction of sp³-hybridized carbons (Fsp3) is 0.182. The van der Waals surface area contributed by atoms with Crippen LogP contribution in [0.15, 0.2) is 82.6 Å². The molecule has 3 aromatic carbocycles. The summed E-state index contributed by atoms with van der Waals surface area (Å²) in [6.07, 6.45) is 4.17. The summed E-state index contributed by atoms with van der Waals surface area (Å²) in [6.45, 7) is 2.10. The summed E-state index contributed by atoms with van der Waals surface area (Å²) < 4.78 is 0. The van der Waals surface area contributed by atoms with Crippen molar-refractivity contribution in [1.29, 1.82) is 0 Å². The molecule has 0 heterocycles. The molecule has 0 atom stereocenters. The van der Waals surface area contributed by atoms with Crippen LogP contribution in [0.1, 0.15) is 22.3 Å². The Morgan fingerprint density at radius 3 is 1.24 bits per heavy atom. The van der Waals surface area contributed by atoms with E-state index in [-0.39, 0.29) is 0 Å². The van der Waals surface area contributed by atoms with E-state index in [0.717, 1.165) is 16.7 Å². The summed E-state index contributed by atoms with van der Waals surface area (Å²) in [5.41, 5.74) is 4.51. The SMILES string of the molecule is CSc1ccc(C(Cl)(c2ccc(C)cc2)c2ccc(SC)cc2)cc1. The van der Waals surface area contributed by atoms with Crippen molar-refractivity contribution in [2.45, 2.75) is 21.6 Å². The number of halogens is 1. The Hall–Kier alpha value is -1.35. The third kappa shape index (κ3) is 3.76. The highest BCUT2D eigenvalue weighted by Crippen LogP contribution is 2.43. The number of rotatable bonds is 5. The number of thioether (sulfide) groups is 2. The molecule has 0 spiro atoms. The first-order valence-corrected chi connectivity index (χ1v) is 11.0. The van der Waals surface area contributed by atoms with E-state index in [1.165, 1.54) is 15.4 Å². The first kappa shape index (κ1) is 18.4. The summed E-state index contributed by atoms with van der Waals surface area (Å²) in [7, 11) is 0. The lowest BCUT2D eigenvalue weighted by Crippen LogP contribution is -2.22. The first-order valence-electron chi connectivity index (χ1n) is 8.13. The van der Waals surface area contributed by atoms with Gasteiger partial charge in [-0.1, -0.05) is 54.1 Å². The molecular weight excluding hydrogens is 364 g/mol. The molecule has 0 saturated heterocycles. The maximum absolute atomic E-state index is 7.35. The molecule has 0 aliphatic carbocycles. The third-order valence-corrected chi connectivity index (χ3v) is 6.57. The lowest BCUT2D eigenvalue weighted by atomic mass is 9.84. The largest absolute Gasteiger partial charge is 0.130 e. The monoisotopic (exact) mass is 384 g/mol. The molecule has 25 heavy (non-hydrogen) atoms. The average Bonchev–Trinajstić information content (AvgIpc) is 2.68. The molecular formula is C22H21ClS2. The van der Waals surface area contributed by atoms with Gasteiger partial charge in [-0.05, 0) is 60.4 Å². The minimum absolute atomic E-state index is 0.693. The van der Waals surface area contributed by atoms with Gasteiger partial charge in [0.15, 0.2) is 0 Å². The van der Waals surface area contributed by atoms with Crippen LogP contribution in [0.5, 0.6) is 0 Å². The molecule has 3 heteroatoms. The predicted molar refractivity (Wildman–Crippen MR) is 113 cm³/mol. The standard InChI is InChI=1S/C22H21ClS2/c1-16-4-6-17(7-5-16)22(23,18-8-12-20(24-2)13-9-18)19-10-14-21(25-3)15-11-19/h4-15H,1-3H3. The fourth-order valence-electron chi connectivity index (χ4n) is 2.92. The number of alkyl halides is 1. The lowest BCUT2D eigenvalue weighted by molar-refractivity contribution is 0.874. The fourth-order valence-corrected chi connectivity index (χ4v) is 4.12. The van der Waals surface area contributed by atoms with Crippen LogP contribution in [-0.4, -0.2) is 12.5 Å². The van der Waals surface area contributed by atoms with E-state index in [9.17, 15) is 0 Å². The quantitative estimate of drug-likeness (QED) is 0.264. The number of hydrogen-bond donors (Lipinski definition) is 0. The molecule has 0 N–H and O–H groups in total. The van der Waals surface area contributed by atoms with Gasteiger partial charge in [0.1, 0.15) is 4.87 Å². The minimum atomic E-state index is -0.693. The summed E-state index contributed by atoms with van der Waals surface area (Å²) in [5.74, 6) is 0. The molecule has 0 aliphatic heterocycles. The zero-order valence-electron chi connectivity index (χ0n) is 14.6. The van der Waals surface area contributed by atoms with Crippen LogP contribution in [0.2, 0.25) is 0 Å². The van der Waals surface area contributed by atoms with Gasteiger partial charge in [0.25, 0.3) is 0 Å². The van der Waals surface area contributed by atoms with Crippen molar-refractivity contribution in [2.24, 2.45) is 0 Å². The van der Waals surface area contributed by atoms with Gasteiger partial charge in [-0.25, -0.2) is 0 Å². The van der Waals surface area contributed by atoms with Gasteiger partial charge in [0, 0.05) is 9.79 Å². The molecule has 0 aliphatic rings. The van der Waals surface area contributed by atoms with Crippen molar-refractivity contribution in [3.05, 3.63) is 95.1 Å². The summed E-state index contributed by atoms with van der Waals surface area (Å²) in [4.78, 5) is 1.79. The molecule has 3 aromatic rings. The second-order valence-corrected chi connectivity index (χ2v) is 8.31. The minimum Gasteiger partial charge on any atom is -0.130 e. The Morgan fingerprint density at radius 1 is 0.600 bits per heavy atom. The van der Waals surface area contributed by atoms with Crippen molar-refractivity contribution in [1.82, 2.24) is 0 Å². The maximum Gasteiger partial charge on any atom is 0.119 e. The Bertz CT molecular complexity index is 774. The van der Waals surface area contributed by atoms with Gasteiger partial charge in [-0.2, -0.15) is 0 Å². The zero-order chi connectivity index (χ0) is 17.9. The molecule has 0 bridgehead atoms. The first-order chi connectivity index (χ1) is 12.1. The Labute approximate surface area is 164 Å². The number of aryl methyl sites for hydroxylation is 1. The van der Waals surface area contributed by atoms with Gasteiger partial charge in [0.05, 0.1) is 0 Å². The molecule has 0 nitrogen and oxygen atoms in total. The molecule has 0 amide bonds. The molecule has 0 saturated carbocycles. The van der Waals surface area contributed by atoms with Gasteiger partial charge in [-0.3, -0.25) is 0 Å². The molecule has 128 valence electrons. The van der Waals surface area contributed by atoms with Crippen LogP contribution in [0.4, 0.5) is 0 Å². The second kappa shape index (κ2) is 7.90. The smallest absolute Gasteiger partial charge is 0.119 e. The molecule has 0 fully saturated rings. The Morgan fingerprint density at radius 2 is 0.920 bits per heavy atom. The van der Waals surface area contributed by atoms with Gasteiger partial charge >= 0.3 is 0 Å². The van der Waals surface area contributed by atoms with Gasteiger partial charge < -0.3 is 0 Å². The third-order valence-electron chi connectivity index (χ3n) is 4.42. The molecule has 3 rings (SSSR count). The molecule has 0 unspecified atom stereocenters. The second-order valence-electron chi connectivity index (χ2n) is 5.98. The Kier molecular flexibility index (Phi) is 5.83. The topological polar surface area (TPSA) is 0 Å². The summed E-state index contributed by atoms with van der Waals surface area (Å²) in [5, 5.41) is 0. The van der Waals surface area contributed by atoms with Gasteiger partial charge in [0.2, 0.25) is 0 Å². The van der Waals surface area contributed by atoms with E-state index in [4.69, 9.17) is 11.6 Å². The zero-order valence-corrected chi connectivity index (χ0v) is 17.0. The highest BCUT2D eigenvalue weighted by Gasteiger charge is 2.34. The highest BCUT2D eigenvalue weighted by atomic mass is 35.5. The number of hydrogen-bond acceptors (Lipinski definition) is 2. The van der Waals surface area contributed by atoms with E-state index in [2.05, 4.69) is 92.2 Å². The van der Waals surface area contributed by atoms with Crippen molar-refractivity contribution in [3.8, 4) is 0 Å². The van der Waals surface area contributed by atoms with E-state index in [0.29, 0.717) is 0 Å². The van der Waals surface area contributed by atoms with Crippen molar-refractivity contribution < 1.29 is 0 Å². The van der Waals surface area contributed by atoms with Crippen LogP contribution in [0, 0.1) is 6.92 Å². The van der Waals surface area contributed by atoms with Gasteiger partial charge in [-0.15, -0.1) is 35.1 Å². The van der Waals surface area contributed by atoms with Crippen molar-refractivity contribution >= 4 is 35.1 Å². The summed E-state index contributed by atoms with van der Waals surface area (Å²) in [6, 6.07) is 25.6. The average molecular weight is 385 g/mol. The normalized spacial score (nSPS) is 11.5. The maximum atomic E-state index is 7.35. The van der Waals surface area contributed by atoms with E-state index < -0.39 is 4.87 Å². The molecule has 0 radical (unpaired) electrons. The van der Waals surface area contributed by atoms with E-state index >= 15 is 0 Å². The van der Waals surface area contributed by atoms with Crippen LogP contribution in [0.3, 0.4) is 0 Å². The van der Waals surface area contributed by atoms with Crippen molar-refractivity contribution in [3.63, 3.8) is 0 Å². The van der Waals surface area contributed by atoms with Crippen molar-refractivity contribution in [2.75, 3.05) is 12.5 Å². The Balaban J connectivity index is 2.16. The number of benzene rings is 3. The van der Waals surface area contributed by atoms with Crippen LogP contribution < -0.4 is 0 Å². The van der Waals surface area contributed by atoms with E-state index in [1.807, 2.05) is 0 Å². The van der Waals surface area contributed by atoms with Crippen LogP contribution in [-0.2, 0) is 4.87 Å². The molecule has 0 aromatic heterocycles. The lowest BCUT2D eigenvalue weighted by Gasteiger charge is -2.29. The summed E-state index contributed by atoms with van der Waals surface area (Å²) >= 11 is 10.8. The predicted octanol–water partition coefficient (Wildman–Crippen LogP) is 6.97.